The molecule has 1 aliphatic heterocycles. The number of hydrogen-bond donors (Lipinski definition) is 1. The Kier molecular flexibility index (Phi) is 8.92. The van der Waals surface area contributed by atoms with E-state index in [1.54, 1.807) is 25.1 Å². The smallest absolute Gasteiger partial charge is 0.355 e. The van der Waals surface area contributed by atoms with E-state index in [4.69, 9.17) is 14.2 Å². The fourth-order valence-corrected chi connectivity index (χ4v) is 6.55. The SMILES string of the molecule is COC(=O)C1=C(C(=O)OC)N(c2ccccc2S(=O)(=O)N(CC(C)O)C2CCC(C)CC2)COC1. The minimum atomic E-state index is -4.11. The number of esters is 2. The summed E-state index contributed by atoms with van der Waals surface area (Å²) in [5.74, 6) is -1.07. The predicted molar refractivity (Wildman–Crippen MR) is 128 cm³/mol. The highest BCUT2D eigenvalue weighted by atomic mass is 32.2. The monoisotopic (exact) mass is 510 g/mol. The van der Waals surface area contributed by atoms with Crippen molar-refractivity contribution >= 4 is 27.6 Å². The van der Waals surface area contributed by atoms with Crippen LogP contribution in [0.15, 0.2) is 40.4 Å². The lowest BCUT2D eigenvalue weighted by atomic mass is 9.87. The number of carbonyl (C=O) groups excluding carboxylic acids is 2. The molecule has 3 rings (SSSR count). The van der Waals surface area contributed by atoms with Crippen LogP contribution in [0.5, 0.6) is 0 Å². The van der Waals surface area contributed by atoms with Gasteiger partial charge in [-0.05, 0) is 50.7 Å². The Labute approximate surface area is 206 Å². The molecule has 0 saturated heterocycles. The Bertz CT molecular complexity index is 1060. The van der Waals surface area contributed by atoms with Gasteiger partial charge in [0.25, 0.3) is 0 Å². The Hall–Kier alpha value is -2.47. The number of rotatable bonds is 8. The fourth-order valence-electron chi connectivity index (χ4n) is 4.59. The number of anilines is 1. The minimum Gasteiger partial charge on any atom is -0.466 e. The van der Waals surface area contributed by atoms with E-state index < -0.39 is 28.1 Å². The molecule has 194 valence electrons. The number of methoxy groups -OCH3 is 2. The molecule has 11 heteroatoms. The van der Waals surface area contributed by atoms with Crippen molar-refractivity contribution < 1.29 is 37.3 Å². The van der Waals surface area contributed by atoms with Crippen molar-refractivity contribution in [1.82, 2.24) is 4.31 Å². The zero-order chi connectivity index (χ0) is 25.8. The first-order valence-electron chi connectivity index (χ1n) is 11.7. The van der Waals surface area contributed by atoms with Crippen molar-refractivity contribution in [2.45, 2.75) is 56.6 Å². The van der Waals surface area contributed by atoms with Crippen LogP contribution >= 0.6 is 0 Å². The molecule has 1 atom stereocenters. The average molecular weight is 511 g/mol. The van der Waals surface area contributed by atoms with Gasteiger partial charge in [0.05, 0.1) is 38.2 Å². The first-order valence-corrected chi connectivity index (χ1v) is 13.1. The van der Waals surface area contributed by atoms with Crippen molar-refractivity contribution in [3.8, 4) is 0 Å². The Morgan fingerprint density at radius 1 is 1.14 bits per heavy atom. The maximum Gasteiger partial charge on any atom is 0.355 e. The van der Waals surface area contributed by atoms with Gasteiger partial charge in [0.15, 0.2) is 0 Å². The standard InChI is InChI=1S/C24H34N2O8S/c1-16-9-11-18(12-10-16)26(13-17(2)27)35(30,31)21-8-6-5-7-20(21)25-15-34-14-19(23(28)32-3)22(25)24(29)33-4/h5-8,16-18,27H,9-15H2,1-4H3. The Balaban J connectivity index is 2.12. The lowest BCUT2D eigenvalue weighted by Crippen LogP contribution is -2.46. The largest absolute Gasteiger partial charge is 0.466 e. The van der Waals surface area contributed by atoms with Crippen LogP contribution in [0, 0.1) is 5.92 Å². The molecule has 1 aromatic carbocycles. The second-order valence-electron chi connectivity index (χ2n) is 9.02. The van der Waals surface area contributed by atoms with Crippen molar-refractivity contribution in [1.29, 1.82) is 0 Å². The number of para-hydroxylation sites is 1. The second kappa shape index (κ2) is 11.5. The summed E-state index contributed by atoms with van der Waals surface area (Å²) < 4.78 is 44.7. The van der Waals surface area contributed by atoms with Gasteiger partial charge in [-0.1, -0.05) is 19.1 Å². The first kappa shape index (κ1) is 27.1. The number of ether oxygens (including phenoxy) is 3. The lowest BCUT2D eigenvalue weighted by molar-refractivity contribution is -0.140. The molecule has 1 aliphatic carbocycles. The Morgan fingerprint density at radius 2 is 1.77 bits per heavy atom. The third-order valence-electron chi connectivity index (χ3n) is 6.41. The van der Waals surface area contributed by atoms with E-state index in [2.05, 4.69) is 6.92 Å². The van der Waals surface area contributed by atoms with E-state index in [9.17, 15) is 23.1 Å². The number of carbonyl (C=O) groups is 2. The maximum atomic E-state index is 14.1. The molecule has 35 heavy (non-hydrogen) atoms. The van der Waals surface area contributed by atoms with Gasteiger partial charge in [-0.15, -0.1) is 0 Å². The maximum absolute atomic E-state index is 14.1. The zero-order valence-electron chi connectivity index (χ0n) is 20.6. The molecular weight excluding hydrogens is 476 g/mol. The third-order valence-corrected chi connectivity index (χ3v) is 8.38. The van der Waals surface area contributed by atoms with Crippen molar-refractivity contribution in [2.24, 2.45) is 5.92 Å². The Morgan fingerprint density at radius 3 is 2.37 bits per heavy atom. The lowest BCUT2D eigenvalue weighted by Gasteiger charge is -2.37. The molecule has 1 unspecified atom stereocenters. The molecule has 1 N–H and O–H groups in total. The van der Waals surface area contributed by atoms with Crippen molar-refractivity contribution in [3.05, 3.63) is 35.5 Å². The van der Waals surface area contributed by atoms with Gasteiger partial charge in [-0.2, -0.15) is 4.31 Å². The summed E-state index contributed by atoms with van der Waals surface area (Å²) in [4.78, 5) is 26.3. The van der Waals surface area contributed by atoms with Crippen LogP contribution < -0.4 is 4.90 Å². The predicted octanol–water partition coefficient (Wildman–Crippen LogP) is 2.03. The molecule has 0 aromatic heterocycles. The molecule has 0 spiro atoms. The molecule has 10 nitrogen and oxygen atoms in total. The molecule has 2 aliphatic rings. The normalized spacial score (nSPS) is 22.2. The average Bonchev–Trinajstić information content (AvgIpc) is 2.86. The highest BCUT2D eigenvalue weighted by Crippen LogP contribution is 2.36. The molecular formula is C24H34N2O8S. The summed E-state index contributed by atoms with van der Waals surface area (Å²) in [7, 11) is -1.75. The number of aliphatic hydroxyl groups excluding tert-OH is 1. The van der Waals surface area contributed by atoms with E-state index in [1.165, 1.54) is 29.5 Å². The topological polar surface area (TPSA) is 123 Å². The first-order chi connectivity index (χ1) is 16.6. The van der Waals surface area contributed by atoms with Gasteiger partial charge in [-0.25, -0.2) is 18.0 Å². The van der Waals surface area contributed by atoms with Crippen molar-refractivity contribution in [3.63, 3.8) is 0 Å². The number of sulfonamides is 1. The van der Waals surface area contributed by atoms with E-state index in [1.807, 2.05) is 0 Å². The molecule has 1 heterocycles. The van der Waals surface area contributed by atoms with Crippen LogP contribution in [0.3, 0.4) is 0 Å². The summed E-state index contributed by atoms with van der Waals surface area (Å²) in [6.07, 6.45) is 2.32. The summed E-state index contributed by atoms with van der Waals surface area (Å²) >= 11 is 0. The highest BCUT2D eigenvalue weighted by molar-refractivity contribution is 7.89. The zero-order valence-corrected chi connectivity index (χ0v) is 21.4. The molecule has 1 fully saturated rings. The van der Waals surface area contributed by atoms with E-state index in [-0.39, 0.29) is 47.8 Å². The van der Waals surface area contributed by atoms with Gasteiger partial charge in [0, 0.05) is 12.6 Å². The number of nitrogens with zero attached hydrogens (tertiary/aromatic N) is 2. The highest BCUT2D eigenvalue weighted by Gasteiger charge is 2.39. The van der Waals surface area contributed by atoms with Gasteiger partial charge in [0.2, 0.25) is 10.0 Å². The summed E-state index contributed by atoms with van der Waals surface area (Å²) in [6.45, 7) is 3.29. The van der Waals surface area contributed by atoms with Crippen molar-refractivity contribution in [2.75, 3.05) is 39.0 Å². The van der Waals surface area contributed by atoms with E-state index in [0.29, 0.717) is 18.8 Å². The number of aliphatic hydroxyl groups is 1. The van der Waals surface area contributed by atoms with Gasteiger partial charge in [-0.3, -0.25) is 0 Å². The molecule has 0 amide bonds. The summed E-state index contributed by atoms with van der Waals surface area (Å²) in [6, 6.07) is 5.97. The van der Waals surface area contributed by atoms with Crippen LogP contribution in [-0.4, -0.2) is 76.0 Å². The summed E-state index contributed by atoms with van der Waals surface area (Å²) in [5, 5.41) is 10.1. The van der Waals surface area contributed by atoms with Crippen LogP contribution in [0.2, 0.25) is 0 Å². The molecule has 0 radical (unpaired) electrons. The fraction of sp³-hybridized carbons (Fsp3) is 0.583. The summed E-state index contributed by atoms with van der Waals surface area (Å²) in [5.41, 5.74) is -0.0458. The van der Waals surface area contributed by atoms with Crippen LogP contribution in [0.1, 0.15) is 39.5 Å². The van der Waals surface area contributed by atoms with Gasteiger partial charge in [0.1, 0.15) is 17.3 Å². The number of hydrogen-bond acceptors (Lipinski definition) is 9. The van der Waals surface area contributed by atoms with Crippen LogP contribution in [0.4, 0.5) is 5.69 Å². The van der Waals surface area contributed by atoms with Gasteiger partial charge >= 0.3 is 11.9 Å². The minimum absolute atomic E-state index is 0.0562. The van der Waals surface area contributed by atoms with E-state index in [0.717, 1.165) is 12.8 Å². The van der Waals surface area contributed by atoms with Crippen LogP contribution in [0.25, 0.3) is 0 Å². The van der Waals surface area contributed by atoms with E-state index >= 15 is 0 Å². The second-order valence-corrected chi connectivity index (χ2v) is 10.9. The quantitative estimate of drug-likeness (QED) is 0.523. The van der Waals surface area contributed by atoms with Crippen LogP contribution in [-0.2, 0) is 33.8 Å². The van der Waals surface area contributed by atoms with Gasteiger partial charge < -0.3 is 24.2 Å². The molecule has 1 saturated carbocycles. The molecule has 0 bridgehead atoms. The third kappa shape index (κ3) is 5.85. The molecule has 1 aromatic rings. The number of benzene rings is 1.